The summed E-state index contributed by atoms with van der Waals surface area (Å²) in [6.07, 6.45) is 0.625. The van der Waals surface area contributed by atoms with Crippen molar-refractivity contribution < 1.29 is 4.79 Å². The van der Waals surface area contributed by atoms with E-state index in [1.54, 1.807) is 12.1 Å². The molecule has 0 saturated heterocycles. The largest absolute Gasteiger partial charge is 0.296 e. The SMILES string of the molecule is O=Cc1ccc(Cl)c(-c2cc(Cl)cc(Cl)c2Cl)n1. The highest BCUT2D eigenvalue weighted by atomic mass is 35.5. The molecule has 0 aliphatic carbocycles. The van der Waals surface area contributed by atoms with Crippen LogP contribution in [0.15, 0.2) is 24.3 Å². The van der Waals surface area contributed by atoms with Crippen LogP contribution in [0.25, 0.3) is 11.3 Å². The van der Waals surface area contributed by atoms with E-state index < -0.39 is 0 Å². The summed E-state index contributed by atoms with van der Waals surface area (Å²) in [5.41, 5.74) is 1.11. The second-order valence-corrected chi connectivity index (χ2v) is 5.06. The van der Waals surface area contributed by atoms with Gasteiger partial charge in [-0.05, 0) is 24.3 Å². The number of benzene rings is 1. The number of nitrogens with zero attached hydrogens (tertiary/aromatic N) is 1. The van der Waals surface area contributed by atoms with E-state index in [1.165, 1.54) is 12.1 Å². The second kappa shape index (κ2) is 5.45. The third-order valence-electron chi connectivity index (χ3n) is 2.24. The molecule has 1 aromatic carbocycles. The summed E-state index contributed by atoms with van der Waals surface area (Å²) in [7, 11) is 0. The maximum Gasteiger partial charge on any atom is 0.168 e. The van der Waals surface area contributed by atoms with Crippen LogP contribution in [0, 0.1) is 0 Å². The summed E-state index contributed by atoms with van der Waals surface area (Å²) in [6, 6.07) is 6.20. The van der Waals surface area contributed by atoms with Crippen molar-refractivity contribution in [3.63, 3.8) is 0 Å². The average Bonchev–Trinajstić information content (AvgIpc) is 2.34. The minimum Gasteiger partial charge on any atom is -0.296 e. The number of aromatic nitrogens is 1. The van der Waals surface area contributed by atoms with Gasteiger partial charge in [-0.3, -0.25) is 4.79 Å². The van der Waals surface area contributed by atoms with Crippen molar-refractivity contribution >= 4 is 52.7 Å². The zero-order valence-corrected chi connectivity index (χ0v) is 11.8. The van der Waals surface area contributed by atoms with Gasteiger partial charge in [0, 0.05) is 10.6 Å². The van der Waals surface area contributed by atoms with E-state index in [0.29, 0.717) is 37.6 Å². The molecule has 0 atom stereocenters. The van der Waals surface area contributed by atoms with Gasteiger partial charge in [-0.15, -0.1) is 0 Å². The summed E-state index contributed by atoms with van der Waals surface area (Å²) in [5, 5.41) is 1.36. The first-order chi connectivity index (χ1) is 8.52. The molecule has 6 heteroatoms. The minimum absolute atomic E-state index is 0.251. The lowest BCUT2D eigenvalue weighted by atomic mass is 10.1. The van der Waals surface area contributed by atoms with Crippen molar-refractivity contribution in [2.45, 2.75) is 0 Å². The highest BCUT2D eigenvalue weighted by Crippen LogP contribution is 2.38. The van der Waals surface area contributed by atoms with Crippen LogP contribution in [0.4, 0.5) is 0 Å². The van der Waals surface area contributed by atoms with Gasteiger partial charge in [0.2, 0.25) is 0 Å². The molecule has 0 fully saturated rings. The van der Waals surface area contributed by atoms with Crippen molar-refractivity contribution in [2.75, 3.05) is 0 Å². The molecule has 1 aromatic heterocycles. The van der Waals surface area contributed by atoms with Gasteiger partial charge in [-0.1, -0.05) is 46.4 Å². The molecule has 2 nitrogen and oxygen atoms in total. The molecule has 0 N–H and O–H groups in total. The van der Waals surface area contributed by atoms with Crippen molar-refractivity contribution in [1.82, 2.24) is 4.98 Å². The predicted molar refractivity (Wildman–Crippen MR) is 75.1 cm³/mol. The highest BCUT2D eigenvalue weighted by Gasteiger charge is 2.14. The molecule has 2 aromatic rings. The monoisotopic (exact) mass is 319 g/mol. The number of carbonyl (C=O) groups excluding carboxylic acids is 1. The molecule has 92 valence electrons. The lowest BCUT2D eigenvalue weighted by molar-refractivity contribution is 0.111. The smallest absolute Gasteiger partial charge is 0.168 e. The zero-order valence-electron chi connectivity index (χ0n) is 8.75. The molecule has 0 aliphatic heterocycles. The third kappa shape index (κ3) is 2.62. The van der Waals surface area contributed by atoms with Gasteiger partial charge < -0.3 is 0 Å². The van der Waals surface area contributed by atoms with E-state index in [0.717, 1.165) is 0 Å². The molecule has 0 unspecified atom stereocenters. The summed E-state index contributed by atoms with van der Waals surface area (Å²) in [6.45, 7) is 0. The van der Waals surface area contributed by atoms with E-state index >= 15 is 0 Å². The third-order valence-corrected chi connectivity index (χ3v) is 3.56. The fraction of sp³-hybridized carbons (Fsp3) is 0. The molecule has 0 spiro atoms. The zero-order chi connectivity index (χ0) is 13.3. The lowest BCUT2D eigenvalue weighted by Gasteiger charge is -2.08. The molecule has 1 heterocycles. The van der Waals surface area contributed by atoms with E-state index in [1.807, 2.05) is 0 Å². The van der Waals surface area contributed by atoms with E-state index in [4.69, 9.17) is 46.4 Å². The van der Waals surface area contributed by atoms with Crippen LogP contribution in [0.2, 0.25) is 20.1 Å². The van der Waals surface area contributed by atoms with Crippen LogP contribution in [0.3, 0.4) is 0 Å². The number of pyridine rings is 1. The Balaban J connectivity index is 2.72. The Kier molecular flexibility index (Phi) is 4.13. The number of hydrogen-bond acceptors (Lipinski definition) is 2. The van der Waals surface area contributed by atoms with Crippen LogP contribution in [-0.2, 0) is 0 Å². The molecule has 0 radical (unpaired) electrons. The Bertz CT molecular complexity index is 628. The van der Waals surface area contributed by atoms with Gasteiger partial charge in [0.25, 0.3) is 0 Å². The standard InChI is InChI=1S/C12H5Cl4NO/c13-6-3-8(11(16)10(15)4-6)12-9(14)2-1-7(5-18)17-12/h1-5H. The molecule has 18 heavy (non-hydrogen) atoms. The Morgan fingerprint density at radius 1 is 1.00 bits per heavy atom. The number of rotatable bonds is 2. The number of aldehydes is 1. The highest BCUT2D eigenvalue weighted by molar-refractivity contribution is 6.45. The Labute approximate surface area is 123 Å². The number of halogens is 4. The molecule has 0 bridgehead atoms. The summed E-state index contributed by atoms with van der Waals surface area (Å²) in [4.78, 5) is 14.8. The summed E-state index contributed by atoms with van der Waals surface area (Å²) < 4.78 is 0. The number of hydrogen-bond donors (Lipinski definition) is 0. The lowest BCUT2D eigenvalue weighted by Crippen LogP contribution is -1.92. The molecule has 2 rings (SSSR count). The average molecular weight is 321 g/mol. The van der Waals surface area contributed by atoms with Crippen LogP contribution in [0.5, 0.6) is 0 Å². The predicted octanol–water partition coefficient (Wildman–Crippen LogP) is 5.17. The van der Waals surface area contributed by atoms with E-state index in [9.17, 15) is 4.79 Å². The maximum absolute atomic E-state index is 10.7. The Morgan fingerprint density at radius 2 is 1.72 bits per heavy atom. The van der Waals surface area contributed by atoms with Crippen molar-refractivity contribution in [3.8, 4) is 11.3 Å². The van der Waals surface area contributed by atoms with Crippen molar-refractivity contribution in [2.24, 2.45) is 0 Å². The fourth-order valence-corrected chi connectivity index (χ4v) is 2.34. The van der Waals surface area contributed by atoms with E-state index in [2.05, 4.69) is 4.98 Å². The van der Waals surface area contributed by atoms with Gasteiger partial charge in [-0.25, -0.2) is 4.98 Å². The van der Waals surface area contributed by atoms with Crippen LogP contribution < -0.4 is 0 Å². The molecular formula is C12H5Cl4NO. The first-order valence-corrected chi connectivity index (χ1v) is 6.30. The number of carbonyl (C=O) groups is 1. The van der Waals surface area contributed by atoms with Gasteiger partial charge in [0.15, 0.2) is 6.29 Å². The molecule has 0 aliphatic rings. The first kappa shape index (κ1) is 13.6. The molecule has 0 saturated carbocycles. The van der Waals surface area contributed by atoms with E-state index in [-0.39, 0.29) is 5.69 Å². The second-order valence-electron chi connectivity index (χ2n) is 3.43. The minimum atomic E-state index is 0.251. The summed E-state index contributed by atoms with van der Waals surface area (Å²) >= 11 is 24.0. The first-order valence-electron chi connectivity index (χ1n) is 4.79. The van der Waals surface area contributed by atoms with Gasteiger partial charge in [0.1, 0.15) is 5.69 Å². The van der Waals surface area contributed by atoms with Gasteiger partial charge >= 0.3 is 0 Å². The molecular weight excluding hydrogens is 316 g/mol. The maximum atomic E-state index is 10.7. The Hall–Kier alpha value is -0.800. The van der Waals surface area contributed by atoms with Gasteiger partial charge in [-0.2, -0.15) is 0 Å². The summed E-state index contributed by atoms with van der Waals surface area (Å²) in [5.74, 6) is 0. The quantitative estimate of drug-likeness (QED) is 0.564. The van der Waals surface area contributed by atoms with Gasteiger partial charge in [0.05, 0.1) is 20.8 Å². The van der Waals surface area contributed by atoms with Crippen LogP contribution in [0.1, 0.15) is 10.5 Å². The van der Waals surface area contributed by atoms with Crippen molar-refractivity contribution in [1.29, 1.82) is 0 Å². The fourth-order valence-electron chi connectivity index (χ4n) is 1.44. The Morgan fingerprint density at radius 3 is 2.39 bits per heavy atom. The van der Waals surface area contributed by atoms with Crippen LogP contribution >= 0.6 is 46.4 Å². The van der Waals surface area contributed by atoms with Crippen molar-refractivity contribution in [3.05, 3.63) is 50.0 Å². The van der Waals surface area contributed by atoms with Crippen LogP contribution in [-0.4, -0.2) is 11.3 Å². The molecule has 0 amide bonds. The normalized spacial score (nSPS) is 10.4. The topological polar surface area (TPSA) is 30.0 Å².